The highest BCUT2D eigenvalue weighted by Crippen LogP contribution is 2.33. The highest BCUT2D eigenvalue weighted by Gasteiger charge is 2.16. The molecule has 0 atom stereocenters. The first-order valence-corrected chi connectivity index (χ1v) is 17.0. The Balaban J connectivity index is 1.22. The fraction of sp³-hybridized carbons (Fsp3) is 0.135. The van der Waals surface area contributed by atoms with Gasteiger partial charge in [0, 0.05) is 27.1 Å². The van der Waals surface area contributed by atoms with Gasteiger partial charge in [-0.2, -0.15) is 0 Å². The fourth-order valence-corrected chi connectivity index (χ4v) is 6.05. The van der Waals surface area contributed by atoms with Crippen LogP contribution in [-0.4, -0.2) is 49.3 Å². The number of anilines is 2. The monoisotopic (exact) mass is 694 g/mol. The summed E-state index contributed by atoms with van der Waals surface area (Å²) in [6.45, 7) is 2.44. The standard InChI is InChI=1S/C37H34N4O6S2/c1-4-47-28-16-13-24(14-17-28)19-30(39-35(43)25-9-6-5-7-10-25)36(44)38-27-11-8-12-29(21-27)48-23-34(42)41-37-40-31(22-49-37)26-15-18-32(45-2)33(20-26)46-3/h5-22H,4,23H2,1-3H3,(H,38,44)(H,39,43)(H,40,41,42)/b30-19+. The second-order valence-corrected chi connectivity index (χ2v) is 12.2. The molecule has 0 saturated carbocycles. The highest BCUT2D eigenvalue weighted by atomic mass is 32.2. The van der Waals surface area contributed by atoms with Gasteiger partial charge in [0.2, 0.25) is 5.91 Å². The number of hydrogen-bond acceptors (Lipinski definition) is 9. The van der Waals surface area contributed by atoms with Crippen LogP contribution in [0, 0.1) is 0 Å². The summed E-state index contributed by atoms with van der Waals surface area (Å²) in [5, 5.41) is 10.8. The number of hydrogen-bond donors (Lipinski definition) is 3. The van der Waals surface area contributed by atoms with Crippen LogP contribution in [0.1, 0.15) is 22.8 Å². The van der Waals surface area contributed by atoms with Crippen LogP contribution in [0.3, 0.4) is 0 Å². The third-order valence-corrected chi connectivity index (χ3v) is 8.67. The van der Waals surface area contributed by atoms with Gasteiger partial charge in [0.15, 0.2) is 16.6 Å². The Labute approximate surface area is 292 Å². The number of methoxy groups -OCH3 is 2. The number of rotatable bonds is 14. The van der Waals surface area contributed by atoms with Crippen molar-refractivity contribution >= 4 is 57.7 Å². The zero-order valence-electron chi connectivity index (χ0n) is 27.0. The van der Waals surface area contributed by atoms with Gasteiger partial charge < -0.3 is 30.2 Å². The molecule has 49 heavy (non-hydrogen) atoms. The molecule has 250 valence electrons. The molecule has 3 N–H and O–H groups in total. The number of carbonyl (C=O) groups excluding carboxylic acids is 3. The van der Waals surface area contributed by atoms with Crippen molar-refractivity contribution in [1.29, 1.82) is 0 Å². The maximum Gasteiger partial charge on any atom is 0.272 e. The molecule has 0 bridgehead atoms. The number of thioether (sulfide) groups is 1. The van der Waals surface area contributed by atoms with Crippen molar-refractivity contribution in [3.8, 4) is 28.5 Å². The summed E-state index contributed by atoms with van der Waals surface area (Å²) in [6.07, 6.45) is 1.60. The quantitative estimate of drug-likeness (QED) is 0.0813. The smallest absolute Gasteiger partial charge is 0.272 e. The maximum absolute atomic E-state index is 13.5. The van der Waals surface area contributed by atoms with E-state index in [9.17, 15) is 14.4 Å². The van der Waals surface area contributed by atoms with Crippen molar-refractivity contribution in [1.82, 2.24) is 10.3 Å². The first-order valence-electron chi connectivity index (χ1n) is 15.2. The number of nitrogens with one attached hydrogen (secondary N) is 3. The number of thiazole rings is 1. The van der Waals surface area contributed by atoms with Crippen molar-refractivity contribution in [3.63, 3.8) is 0 Å². The average molecular weight is 695 g/mol. The summed E-state index contributed by atoms with van der Waals surface area (Å²) < 4.78 is 16.2. The van der Waals surface area contributed by atoms with Gasteiger partial charge in [-0.1, -0.05) is 36.4 Å². The lowest BCUT2D eigenvalue weighted by Crippen LogP contribution is -2.30. The third-order valence-electron chi connectivity index (χ3n) is 6.92. The molecule has 0 radical (unpaired) electrons. The minimum absolute atomic E-state index is 0.0614. The van der Waals surface area contributed by atoms with Crippen LogP contribution in [0.4, 0.5) is 10.8 Å². The van der Waals surface area contributed by atoms with Crippen LogP contribution < -0.4 is 30.2 Å². The lowest BCUT2D eigenvalue weighted by atomic mass is 10.1. The van der Waals surface area contributed by atoms with Crippen molar-refractivity contribution in [2.45, 2.75) is 11.8 Å². The number of benzene rings is 4. The zero-order valence-corrected chi connectivity index (χ0v) is 28.7. The lowest BCUT2D eigenvalue weighted by molar-refractivity contribution is -0.114. The van der Waals surface area contributed by atoms with E-state index >= 15 is 0 Å². The second-order valence-electron chi connectivity index (χ2n) is 10.3. The summed E-state index contributed by atoms with van der Waals surface area (Å²) in [5.41, 5.74) is 3.22. The Morgan fingerprint density at radius 1 is 0.857 bits per heavy atom. The minimum atomic E-state index is -0.507. The molecule has 4 aromatic carbocycles. The molecule has 1 heterocycles. The van der Waals surface area contributed by atoms with E-state index in [1.165, 1.54) is 23.1 Å². The van der Waals surface area contributed by atoms with E-state index in [-0.39, 0.29) is 17.4 Å². The molecule has 12 heteroatoms. The van der Waals surface area contributed by atoms with Gasteiger partial charge in [0.1, 0.15) is 11.4 Å². The van der Waals surface area contributed by atoms with Gasteiger partial charge in [-0.15, -0.1) is 23.1 Å². The van der Waals surface area contributed by atoms with Crippen LogP contribution in [0.15, 0.2) is 113 Å². The highest BCUT2D eigenvalue weighted by molar-refractivity contribution is 8.00. The average Bonchev–Trinajstić information content (AvgIpc) is 3.59. The molecule has 3 amide bonds. The Morgan fingerprint density at radius 2 is 1.63 bits per heavy atom. The van der Waals surface area contributed by atoms with Gasteiger partial charge in [0.25, 0.3) is 11.8 Å². The predicted molar refractivity (Wildman–Crippen MR) is 195 cm³/mol. The SMILES string of the molecule is CCOc1ccc(/C=C(/NC(=O)c2ccccc2)C(=O)Nc2cccc(SCC(=O)Nc3nc(-c4ccc(OC)c(OC)c4)cs3)c2)cc1. The second kappa shape index (κ2) is 17.0. The molecule has 0 fully saturated rings. The maximum atomic E-state index is 13.5. The number of nitrogens with zero attached hydrogens (tertiary/aromatic N) is 1. The van der Waals surface area contributed by atoms with Crippen LogP contribution in [-0.2, 0) is 9.59 Å². The van der Waals surface area contributed by atoms with Crippen LogP contribution >= 0.6 is 23.1 Å². The van der Waals surface area contributed by atoms with Gasteiger partial charge in [-0.25, -0.2) is 4.98 Å². The summed E-state index contributed by atoms with van der Waals surface area (Å²) in [6, 6.07) is 28.5. The normalized spacial score (nSPS) is 11.0. The van der Waals surface area contributed by atoms with E-state index in [1.54, 1.807) is 93.1 Å². The predicted octanol–water partition coefficient (Wildman–Crippen LogP) is 7.37. The molecule has 5 rings (SSSR count). The lowest BCUT2D eigenvalue weighted by Gasteiger charge is -2.12. The van der Waals surface area contributed by atoms with Crippen molar-refractivity contribution in [2.24, 2.45) is 0 Å². The molecule has 0 aliphatic rings. The number of aromatic nitrogens is 1. The van der Waals surface area contributed by atoms with E-state index in [0.717, 1.165) is 10.5 Å². The number of ether oxygens (including phenoxy) is 3. The summed E-state index contributed by atoms with van der Waals surface area (Å²) >= 11 is 2.63. The molecule has 10 nitrogen and oxygen atoms in total. The van der Waals surface area contributed by atoms with E-state index < -0.39 is 11.8 Å². The Kier molecular flexibility index (Phi) is 12.0. The Hall–Kier alpha value is -5.59. The van der Waals surface area contributed by atoms with E-state index in [2.05, 4.69) is 20.9 Å². The van der Waals surface area contributed by atoms with Crippen molar-refractivity contribution in [3.05, 3.63) is 119 Å². The number of amides is 3. The Morgan fingerprint density at radius 3 is 2.37 bits per heavy atom. The van der Waals surface area contributed by atoms with Crippen LogP contribution in [0.5, 0.6) is 17.2 Å². The molecule has 0 spiro atoms. The summed E-state index contributed by atoms with van der Waals surface area (Å²) in [4.78, 5) is 44.6. The molecule has 0 unspecified atom stereocenters. The van der Waals surface area contributed by atoms with Gasteiger partial charge >= 0.3 is 0 Å². The first-order chi connectivity index (χ1) is 23.8. The first kappa shape index (κ1) is 34.7. The van der Waals surface area contributed by atoms with Crippen molar-refractivity contribution in [2.75, 3.05) is 37.2 Å². The molecular formula is C37H34N4O6S2. The minimum Gasteiger partial charge on any atom is -0.494 e. The largest absolute Gasteiger partial charge is 0.494 e. The molecular weight excluding hydrogens is 661 g/mol. The zero-order chi connectivity index (χ0) is 34.6. The van der Waals surface area contributed by atoms with Gasteiger partial charge in [-0.05, 0) is 79.2 Å². The summed E-state index contributed by atoms with van der Waals surface area (Å²) in [7, 11) is 3.15. The van der Waals surface area contributed by atoms with E-state index in [1.807, 2.05) is 36.6 Å². The Bertz CT molecular complexity index is 1940. The third kappa shape index (κ3) is 9.72. The molecule has 0 saturated heterocycles. The molecule has 0 aliphatic heterocycles. The van der Waals surface area contributed by atoms with E-state index in [0.29, 0.717) is 51.5 Å². The van der Waals surface area contributed by atoms with Crippen LogP contribution in [0.25, 0.3) is 17.3 Å². The van der Waals surface area contributed by atoms with Gasteiger partial charge in [-0.3, -0.25) is 14.4 Å². The number of carbonyl (C=O) groups is 3. The molecule has 1 aromatic heterocycles. The summed E-state index contributed by atoms with van der Waals surface area (Å²) in [5.74, 6) is 0.881. The van der Waals surface area contributed by atoms with Gasteiger partial charge in [0.05, 0.1) is 32.3 Å². The molecule has 0 aliphatic carbocycles. The topological polar surface area (TPSA) is 128 Å². The molecule has 5 aromatic rings. The van der Waals surface area contributed by atoms with Crippen LogP contribution in [0.2, 0.25) is 0 Å². The fourth-order valence-electron chi connectivity index (χ4n) is 4.56. The van der Waals surface area contributed by atoms with E-state index in [4.69, 9.17) is 14.2 Å². The van der Waals surface area contributed by atoms with Crippen molar-refractivity contribution < 1.29 is 28.6 Å².